The zero-order chi connectivity index (χ0) is 20.6. The quantitative estimate of drug-likeness (QED) is 0.483. The second-order valence-corrected chi connectivity index (χ2v) is 6.64. The standard InChI is InChI=1S/C21H22F2N4O2/c22-14-9-10-15(16(23)13-14)21(29)25-12-4-8-20(28)24-11-3-7-19-26-17-5-1-2-6-18(17)27-19/h1-2,5-6,9-10,13H,3-4,7-8,11-12H2,(H,24,28)(H,25,29)(H,26,27). The van der Waals surface area contributed by atoms with Gasteiger partial charge in [0.15, 0.2) is 0 Å². The van der Waals surface area contributed by atoms with E-state index in [2.05, 4.69) is 20.6 Å². The molecule has 0 fully saturated rings. The average Bonchev–Trinajstić information content (AvgIpc) is 3.11. The first-order valence-corrected chi connectivity index (χ1v) is 9.46. The number of aromatic nitrogens is 2. The van der Waals surface area contributed by atoms with E-state index in [1.807, 2.05) is 24.3 Å². The smallest absolute Gasteiger partial charge is 0.254 e. The van der Waals surface area contributed by atoms with Crippen molar-refractivity contribution in [1.29, 1.82) is 0 Å². The molecular weight excluding hydrogens is 378 g/mol. The van der Waals surface area contributed by atoms with E-state index >= 15 is 0 Å². The van der Waals surface area contributed by atoms with Gasteiger partial charge in [-0.1, -0.05) is 12.1 Å². The van der Waals surface area contributed by atoms with Gasteiger partial charge in [-0.25, -0.2) is 13.8 Å². The molecule has 152 valence electrons. The number of aromatic amines is 1. The summed E-state index contributed by atoms with van der Waals surface area (Å²) in [6.07, 6.45) is 2.15. The number of nitrogens with zero attached hydrogens (tertiary/aromatic N) is 1. The van der Waals surface area contributed by atoms with Crippen molar-refractivity contribution in [3.8, 4) is 0 Å². The van der Waals surface area contributed by atoms with E-state index in [-0.39, 0.29) is 24.4 Å². The molecule has 8 heteroatoms. The topological polar surface area (TPSA) is 86.9 Å². The van der Waals surface area contributed by atoms with Crippen molar-refractivity contribution < 1.29 is 18.4 Å². The van der Waals surface area contributed by atoms with Crippen LogP contribution in [0, 0.1) is 11.6 Å². The minimum atomic E-state index is -0.912. The summed E-state index contributed by atoms with van der Waals surface area (Å²) >= 11 is 0. The number of nitrogens with one attached hydrogen (secondary N) is 3. The Kier molecular flexibility index (Phi) is 6.89. The summed E-state index contributed by atoms with van der Waals surface area (Å²) in [7, 11) is 0. The van der Waals surface area contributed by atoms with Crippen molar-refractivity contribution in [3.63, 3.8) is 0 Å². The average molecular weight is 400 g/mol. The first-order chi connectivity index (χ1) is 14.0. The summed E-state index contributed by atoms with van der Waals surface area (Å²) in [6.45, 7) is 0.755. The van der Waals surface area contributed by atoms with Gasteiger partial charge < -0.3 is 15.6 Å². The molecule has 1 heterocycles. The molecule has 0 saturated heterocycles. The number of para-hydroxylation sites is 2. The molecule has 29 heavy (non-hydrogen) atoms. The number of fused-ring (bicyclic) bond motifs is 1. The van der Waals surface area contributed by atoms with Gasteiger partial charge in [0.2, 0.25) is 5.91 Å². The van der Waals surface area contributed by atoms with Crippen LogP contribution in [0.1, 0.15) is 35.4 Å². The number of amides is 2. The summed E-state index contributed by atoms with van der Waals surface area (Å²) in [4.78, 5) is 31.4. The summed E-state index contributed by atoms with van der Waals surface area (Å²) in [5, 5.41) is 5.35. The number of halogens is 2. The Bertz CT molecular complexity index is 970. The number of carbonyl (C=O) groups is 2. The molecule has 0 unspecified atom stereocenters. The van der Waals surface area contributed by atoms with Crippen molar-refractivity contribution >= 4 is 22.8 Å². The fourth-order valence-electron chi connectivity index (χ4n) is 2.92. The number of rotatable bonds is 9. The molecule has 0 saturated carbocycles. The van der Waals surface area contributed by atoms with E-state index in [0.717, 1.165) is 41.8 Å². The Hall–Kier alpha value is -3.29. The first-order valence-electron chi connectivity index (χ1n) is 9.46. The van der Waals surface area contributed by atoms with Crippen molar-refractivity contribution in [2.45, 2.75) is 25.7 Å². The number of carbonyl (C=O) groups excluding carboxylic acids is 2. The molecule has 3 rings (SSSR count). The Morgan fingerprint density at radius 1 is 1.00 bits per heavy atom. The van der Waals surface area contributed by atoms with Crippen LogP contribution in [0.15, 0.2) is 42.5 Å². The number of hydrogen-bond donors (Lipinski definition) is 3. The van der Waals surface area contributed by atoms with Gasteiger partial charge in [-0.15, -0.1) is 0 Å². The molecule has 2 amide bonds. The zero-order valence-corrected chi connectivity index (χ0v) is 15.8. The normalized spacial score (nSPS) is 10.8. The maximum atomic E-state index is 13.5. The second-order valence-electron chi connectivity index (χ2n) is 6.64. The maximum absolute atomic E-state index is 13.5. The van der Waals surface area contributed by atoms with Crippen LogP contribution >= 0.6 is 0 Å². The molecular formula is C21H22F2N4O2. The number of imidazole rings is 1. The van der Waals surface area contributed by atoms with Crippen LogP contribution < -0.4 is 10.6 Å². The number of hydrogen-bond acceptors (Lipinski definition) is 3. The molecule has 0 aliphatic heterocycles. The molecule has 0 bridgehead atoms. The molecule has 3 N–H and O–H groups in total. The van der Waals surface area contributed by atoms with Gasteiger partial charge in [0.1, 0.15) is 17.5 Å². The lowest BCUT2D eigenvalue weighted by molar-refractivity contribution is -0.121. The van der Waals surface area contributed by atoms with Gasteiger partial charge in [0.25, 0.3) is 5.91 Å². The van der Waals surface area contributed by atoms with Gasteiger partial charge in [0.05, 0.1) is 16.6 Å². The third-order valence-electron chi connectivity index (χ3n) is 4.39. The van der Waals surface area contributed by atoms with Crippen LogP contribution in [0.5, 0.6) is 0 Å². The van der Waals surface area contributed by atoms with Crippen LogP contribution in [0.25, 0.3) is 11.0 Å². The van der Waals surface area contributed by atoms with Crippen molar-refractivity contribution in [2.24, 2.45) is 0 Å². The summed E-state index contributed by atoms with van der Waals surface area (Å²) < 4.78 is 26.4. The lowest BCUT2D eigenvalue weighted by Gasteiger charge is -2.07. The molecule has 3 aromatic rings. The number of benzene rings is 2. The van der Waals surface area contributed by atoms with Gasteiger partial charge in [-0.05, 0) is 37.1 Å². The van der Waals surface area contributed by atoms with Crippen LogP contribution in [-0.4, -0.2) is 34.9 Å². The molecule has 2 aromatic carbocycles. The highest BCUT2D eigenvalue weighted by atomic mass is 19.1. The summed E-state index contributed by atoms with van der Waals surface area (Å²) in [5.74, 6) is -1.51. The minimum absolute atomic E-state index is 0.114. The number of H-pyrrole nitrogens is 1. The van der Waals surface area contributed by atoms with Gasteiger partial charge in [-0.3, -0.25) is 9.59 Å². The Labute approximate surface area is 166 Å². The summed E-state index contributed by atoms with van der Waals surface area (Å²) in [6, 6.07) is 10.6. The highest BCUT2D eigenvalue weighted by Gasteiger charge is 2.12. The maximum Gasteiger partial charge on any atom is 0.254 e. The lowest BCUT2D eigenvalue weighted by Crippen LogP contribution is -2.28. The summed E-state index contributed by atoms with van der Waals surface area (Å²) in [5.41, 5.74) is 1.70. The fourth-order valence-corrected chi connectivity index (χ4v) is 2.92. The molecule has 0 radical (unpaired) electrons. The van der Waals surface area contributed by atoms with E-state index < -0.39 is 17.5 Å². The van der Waals surface area contributed by atoms with E-state index in [0.29, 0.717) is 19.0 Å². The van der Waals surface area contributed by atoms with E-state index in [4.69, 9.17) is 0 Å². The highest BCUT2D eigenvalue weighted by Crippen LogP contribution is 2.11. The molecule has 0 spiro atoms. The van der Waals surface area contributed by atoms with Crippen LogP contribution in [0.3, 0.4) is 0 Å². The highest BCUT2D eigenvalue weighted by molar-refractivity contribution is 5.94. The minimum Gasteiger partial charge on any atom is -0.356 e. The molecule has 1 aromatic heterocycles. The largest absolute Gasteiger partial charge is 0.356 e. The Balaban J connectivity index is 1.29. The predicted molar refractivity (Wildman–Crippen MR) is 105 cm³/mol. The van der Waals surface area contributed by atoms with E-state index in [1.165, 1.54) is 0 Å². The molecule has 0 atom stereocenters. The van der Waals surface area contributed by atoms with Gasteiger partial charge >= 0.3 is 0 Å². The first kappa shape index (κ1) is 20.4. The van der Waals surface area contributed by atoms with Crippen molar-refractivity contribution in [2.75, 3.05) is 13.1 Å². The molecule has 6 nitrogen and oxygen atoms in total. The zero-order valence-electron chi connectivity index (χ0n) is 15.8. The van der Waals surface area contributed by atoms with Crippen LogP contribution in [-0.2, 0) is 11.2 Å². The van der Waals surface area contributed by atoms with Crippen molar-refractivity contribution in [3.05, 3.63) is 65.5 Å². The molecule has 0 aliphatic carbocycles. The SMILES string of the molecule is O=C(CCCNC(=O)c1ccc(F)cc1F)NCCCc1nc2ccccc2[nH]1. The third-order valence-corrected chi connectivity index (χ3v) is 4.39. The van der Waals surface area contributed by atoms with E-state index in [1.54, 1.807) is 0 Å². The Morgan fingerprint density at radius 3 is 2.59 bits per heavy atom. The molecule has 0 aliphatic rings. The van der Waals surface area contributed by atoms with Crippen LogP contribution in [0.4, 0.5) is 8.78 Å². The van der Waals surface area contributed by atoms with Gasteiger partial charge in [0, 0.05) is 32.0 Å². The predicted octanol–water partition coefficient (Wildman–Crippen LogP) is 3.10. The van der Waals surface area contributed by atoms with E-state index in [9.17, 15) is 18.4 Å². The third kappa shape index (κ3) is 5.84. The second kappa shape index (κ2) is 9.77. The number of aryl methyl sites for hydroxylation is 1. The fraction of sp³-hybridized carbons (Fsp3) is 0.286. The van der Waals surface area contributed by atoms with Crippen LogP contribution in [0.2, 0.25) is 0 Å². The van der Waals surface area contributed by atoms with Crippen molar-refractivity contribution in [1.82, 2.24) is 20.6 Å². The Morgan fingerprint density at radius 2 is 1.79 bits per heavy atom. The van der Waals surface area contributed by atoms with Gasteiger partial charge in [-0.2, -0.15) is 0 Å². The monoisotopic (exact) mass is 400 g/mol. The lowest BCUT2D eigenvalue weighted by atomic mass is 10.2.